The third kappa shape index (κ3) is 42.6. The van der Waals surface area contributed by atoms with E-state index in [4.69, 9.17) is 4.74 Å². The van der Waals surface area contributed by atoms with Crippen LogP contribution in [0.3, 0.4) is 0 Å². The van der Waals surface area contributed by atoms with E-state index in [0.717, 1.165) is 77.0 Å². The first-order chi connectivity index (χ1) is 29.0. The van der Waals surface area contributed by atoms with Gasteiger partial charge in [0.25, 0.3) is 0 Å². The van der Waals surface area contributed by atoms with E-state index in [2.05, 4.69) is 62.5 Å². The van der Waals surface area contributed by atoms with Gasteiger partial charge in [-0.2, -0.15) is 0 Å². The minimum Gasteiger partial charge on any atom is -0.462 e. The van der Waals surface area contributed by atoms with Crippen molar-refractivity contribution in [3.8, 4) is 0 Å². The highest BCUT2D eigenvalue weighted by molar-refractivity contribution is 5.77. The number of ether oxygens (including phenoxy) is 1. The largest absolute Gasteiger partial charge is 0.462 e. The molecule has 3 N–H and O–H groups in total. The van der Waals surface area contributed by atoms with E-state index in [1.807, 2.05) is 0 Å². The molecule has 59 heavy (non-hydrogen) atoms. The van der Waals surface area contributed by atoms with Gasteiger partial charge in [0.15, 0.2) is 0 Å². The van der Waals surface area contributed by atoms with Crippen LogP contribution < -0.4 is 5.32 Å². The Balaban J connectivity index is 4.43. The molecule has 0 bridgehead atoms. The lowest BCUT2D eigenvalue weighted by molar-refractivity contribution is -0.151. The number of aliphatic hydroxyl groups is 2. The van der Waals surface area contributed by atoms with E-state index >= 15 is 0 Å². The minimum absolute atomic E-state index is 0.0711. The molecule has 0 saturated heterocycles. The van der Waals surface area contributed by atoms with Crippen molar-refractivity contribution in [2.75, 3.05) is 6.61 Å². The summed E-state index contributed by atoms with van der Waals surface area (Å²) in [5.74, 6) is -0.494. The summed E-state index contributed by atoms with van der Waals surface area (Å²) in [5.41, 5.74) is 0. The number of nitrogens with one attached hydrogen (secondary N) is 1. The predicted octanol–water partition coefficient (Wildman–Crippen LogP) is 15.3. The average Bonchev–Trinajstić information content (AvgIpc) is 3.23. The molecule has 0 aromatic heterocycles. The molecule has 0 heterocycles. The second kappa shape index (κ2) is 47.1. The Bertz CT molecular complexity index is 977. The highest BCUT2D eigenvalue weighted by Gasteiger charge is 2.24. The third-order valence-corrected chi connectivity index (χ3v) is 11.7. The quantitative estimate of drug-likeness (QED) is 0.0323. The summed E-state index contributed by atoms with van der Waals surface area (Å²) in [6.45, 7) is 6.44. The summed E-state index contributed by atoms with van der Waals surface area (Å²) >= 11 is 0. The van der Waals surface area contributed by atoms with Crippen molar-refractivity contribution in [1.82, 2.24) is 5.32 Å². The summed E-state index contributed by atoms with van der Waals surface area (Å²) in [5, 5.41) is 23.7. The molecule has 0 aromatic carbocycles. The van der Waals surface area contributed by atoms with Crippen LogP contribution in [-0.2, 0) is 14.3 Å². The van der Waals surface area contributed by atoms with E-state index in [1.54, 1.807) is 0 Å². The van der Waals surface area contributed by atoms with Crippen molar-refractivity contribution in [1.29, 1.82) is 0 Å². The normalized spacial score (nSPS) is 13.5. The van der Waals surface area contributed by atoms with Gasteiger partial charge in [-0.05, 0) is 64.2 Å². The molecule has 6 heteroatoms. The van der Waals surface area contributed by atoms with Gasteiger partial charge in [-0.25, -0.2) is 0 Å². The smallest absolute Gasteiger partial charge is 0.306 e. The van der Waals surface area contributed by atoms with Crippen LogP contribution >= 0.6 is 0 Å². The number of carbonyl (C=O) groups excluding carboxylic acids is 2. The van der Waals surface area contributed by atoms with Crippen LogP contribution in [0.15, 0.2) is 36.5 Å². The molecule has 0 aliphatic carbocycles. The molecule has 1 amide bonds. The molecule has 0 aliphatic rings. The second-order valence-corrected chi connectivity index (χ2v) is 17.6. The first-order valence-corrected chi connectivity index (χ1v) is 25.7. The maximum atomic E-state index is 13.1. The molecule has 0 rings (SSSR count). The maximum absolute atomic E-state index is 13.1. The van der Waals surface area contributed by atoms with Gasteiger partial charge in [-0.1, -0.05) is 224 Å². The molecule has 0 spiro atoms. The van der Waals surface area contributed by atoms with Crippen molar-refractivity contribution >= 4 is 11.9 Å². The summed E-state index contributed by atoms with van der Waals surface area (Å²) in [6, 6.07) is -0.702. The fraction of sp³-hybridized carbons (Fsp3) is 0.849. The molecule has 6 nitrogen and oxygen atoms in total. The molecule has 3 atom stereocenters. The lowest BCUT2D eigenvalue weighted by Crippen LogP contribution is -2.46. The van der Waals surface area contributed by atoms with Crippen molar-refractivity contribution in [2.45, 2.75) is 283 Å². The Morgan fingerprint density at radius 3 is 1.34 bits per heavy atom. The Kier molecular flexibility index (Phi) is 45.6. The van der Waals surface area contributed by atoms with Crippen LogP contribution in [0.2, 0.25) is 0 Å². The molecule has 0 radical (unpaired) electrons. The first kappa shape index (κ1) is 57.1. The zero-order valence-corrected chi connectivity index (χ0v) is 39.4. The standard InChI is InChI=1S/C53H99NO5/c1-4-7-10-13-16-19-21-23-25-26-28-30-32-34-37-40-43-46-53(58)59-49(44-41-38-35-18-15-12-9-6-3)47-52(57)54-50(48-55)51(56)45-42-39-36-33-31-29-27-24-22-20-17-14-11-8-5-2/h16,19,23,25,28,30,49-51,55-56H,4-15,17-18,20-22,24,26-27,29,31-48H2,1-3H3,(H,54,57)/b19-16-,25-23-,30-28-. The fourth-order valence-corrected chi connectivity index (χ4v) is 7.79. The van der Waals surface area contributed by atoms with E-state index in [1.165, 1.54) is 141 Å². The van der Waals surface area contributed by atoms with E-state index in [0.29, 0.717) is 19.3 Å². The number of unbranched alkanes of at least 4 members (excludes halogenated alkanes) is 28. The van der Waals surface area contributed by atoms with Crippen LogP contribution in [0.4, 0.5) is 0 Å². The Morgan fingerprint density at radius 2 is 0.864 bits per heavy atom. The highest BCUT2D eigenvalue weighted by Crippen LogP contribution is 2.18. The van der Waals surface area contributed by atoms with Gasteiger partial charge in [0, 0.05) is 6.42 Å². The summed E-state index contributed by atoms with van der Waals surface area (Å²) in [4.78, 5) is 26.0. The number of allylic oxidation sites excluding steroid dienone is 6. The number of hydrogen-bond donors (Lipinski definition) is 3. The van der Waals surface area contributed by atoms with Gasteiger partial charge in [0.2, 0.25) is 5.91 Å². The summed E-state index contributed by atoms with van der Waals surface area (Å²) in [7, 11) is 0. The molecule has 0 aromatic rings. The Morgan fingerprint density at radius 1 is 0.492 bits per heavy atom. The molecular formula is C53H99NO5. The van der Waals surface area contributed by atoms with E-state index < -0.39 is 18.2 Å². The average molecular weight is 830 g/mol. The van der Waals surface area contributed by atoms with Crippen LogP contribution in [-0.4, -0.2) is 46.9 Å². The SMILES string of the molecule is CCCCC/C=C\C/C=C\C/C=C\CCCCCCC(=O)OC(CCCCCCCCCC)CC(=O)NC(CO)C(O)CCCCCCCCCCCCCCCCC. The fourth-order valence-electron chi connectivity index (χ4n) is 7.79. The lowest BCUT2D eigenvalue weighted by atomic mass is 10.0. The number of carbonyl (C=O) groups is 2. The second-order valence-electron chi connectivity index (χ2n) is 17.6. The van der Waals surface area contributed by atoms with Crippen LogP contribution in [0, 0.1) is 0 Å². The third-order valence-electron chi connectivity index (χ3n) is 11.7. The summed E-state index contributed by atoms with van der Waals surface area (Å²) < 4.78 is 5.90. The monoisotopic (exact) mass is 830 g/mol. The predicted molar refractivity (Wildman–Crippen MR) is 255 cm³/mol. The molecule has 0 saturated carbocycles. The number of aliphatic hydroxyl groups excluding tert-OH is 2. The zero-order chi connectivity index (χ0) is 43.1. The first-order valence-electron chi connectivity index (χ1n) is 25.7. The van der Waals surface area contributed by atoms with Crippen LogP contribution in [0.1, 0.15) is 265 Å². The van der Waals surface area contributed by atoms with Crippen molar-refractivity contribution in [3.05, 3.63) is 36.5 Å². The van der Waals surface area contributed by atoms with Gasteiger partial charge >= 0.3 is 5.97 Å². The molecule has 0 fully saturated rings. The van der Waals surface area contributed by atoms with Crippen molar-refractivity contribution in [3.63, 3.8) is 0 Å². The van der Waals surface area contributed by atoms with Gasteiger partial charge in [0.05, 0.1) is 25.2 Å². The van der Waals surface area contributed by atoms with Gasteiger partial charge in [0.1, 0.15) is 6.10 Å². The molecule has 346 valence electrons. The molecule has 3 unspecified atom stereocenters. The minimum atomic E-state index is -0.788. The van der Waals surface area contributed by atoms with Gasteiger partial charge in [-0.3, -0.25) is 9.59 Å². The number of hydrogen-bond acceptors (Lipinski definition) is 5. The summed E-state index contributed by atoms with van der Waals surface area (Å²) in [6.07, 6.45) is 54.9. The lowest BCUT2D eigenvalue weighted by Gasteiger charge is -2.24. The van der Waals surface area contributed by atoms with Crippen molar-refractivity contribution in [2.24, 2.45) is 0 Å². The number of esters is 1. The Labute approximate surface area is 366 Å². The van der Waals surface area contributed by atoms with Crippen molar-refractivity contribution < 1.29 is 24.5 Å². The van der Waals surface area contributed by atoms with Crippen LogP contribution in [0.5, 0.6) is 0 Å². The topological polar surface area (TPSA) is 95.9 Å². The van der Waals surface area contributed by atoms with Gasteiger partial charge in [-0.15, -0.1) is 0 Å². The Hall–Kier alpha value is -1.92. The maximum Gasteiger partial charge on any atom is 0.306 e. The zero-order valence-electron chi connectivity index (χ0n) is 39.4. The van der Waals surface area contributed by atoms with E-state index in [-0.39, 0.29) is 24.9 Å². The molecule has 0 aliphatic heterocycles. The van der Waals surface area contributed by atoms with Gasteiger partial charge < -0.3 is 20.3 Å². The van der Waals surface area contributed by atoms with E-state index in [9.17, 15) is 19.8 Å². The highest BCUT2D eigenvalue weighted by atomic mass is 16.5. The number of amides is 1. The number of rotatable bonds is 46. The molecular weight excluding hydrogens is 731 g/mol. The van der Waals surface area contributed by atoms with Crippen LogP contribution in [0.25, 0.3) is 0 Å².